The van der Waals surface area contributed by atoms with E-state index in [2.05, 4.69) is 0 Å². The summed E-state index contributed by atoms with van der Waals surface area (Å²) in [6.07, 6.45) is 2.94. The van der Waals surface area contributed by atoms with Crippen molar-refractivity contribution in [3.8, 4) is 0 Å². The molecule has 0 unspecified atom stereocenters. The van der Waals surface area contributed by atoms with E-state index in [-0.39, 0.29) is 31.1 Å². The van der Waals surface area contributed by atoms with Crippen LogP contribution < -0.4 is 0 Å². The van der Waals surface area contributed by atoms with Crippen molar-refractivity contribution in [2.45, 2.75) is 45.6 Å². The number of esters is 1. The highest BCUT2D eigenvalue weighted by atomic mass is 16.6. The molecule has 2 heterocycles. The van der Waals surface area contributed by atoms with Crippen LogP contribution in [0.1, 0.15) is 39.5 Å². The number of amides is 2. The van der Waals surface area contributed by atoms with Crippen LogP contribution in [-0.4, -0.2) is 53.4 Å². The molecular weight excluding hydrogens is 260 g/mol. The standard InChI is InChI=1S/C14H22N2O4/c1-10(2)7-11-14(19)20-9-16(11)13(18)8-15-6-4-3-5-12(15)17/h10-11H,3-9H2,1-2H3/t11-/m1/s1. The molecule has 20 heavy (non-hydrogen) atoms. The third-order valence-corrected chi connectivity index (χ3v) is 3.76. The van der Waals surface area contributed by atoms with Crippen molar-refractivity contribution in [3.05, 3.63) is 0 Å². The fourth-order valence-corrected chi connectivity index (χ4v) is 2.65. The first-order valence-electron chi connectivity index (χ1n) is 7.23. The average molecular weight is 282 g/mol. The van der Waals surface area contributed by atoms with Crippen LogP contribution in [0.25, 0.3) is 0 Å². The lowest BCUT2D eigenvalue weighted by molar-refractivity contribution is -0.143. The summed E-state index contributed by atoms with van der Waals surface area (Å²) in [5.41, 5.74) is 0. The van der Waals surface area contributed by atoms with E-state index >= 15 is 0 Å². The van der Waals surface area contributed by atoms with Crippen molar-refractivity contribution in [2.75, 3.05) is 19.8 Å². The van der Waals surface area contributed by atoms with Crippen LogP contribution in [0.15, 0.2) is 0 Å². The number of ether oxygens (including phenoxy) is 1. The zero-order chi connectivity index (χ0) is 14.7. The predicted molar refractivity (Wildman–Crippen MR) is 71.5 cm³/mol. The van der Waals surface area contributed by atoms with Crippen molar-refractivity contribution in [2.24, 2.45) is 5.92 Å². The SMILES string of the molecule is CC(C)C[C@@H]1C(=O)OCN1C(=O)CN1CCCCC1=O. The molecule has 0 spiro atoms. The smallest absolute Gasteiger partial charge is 0.330 e. The van der Waals surface area contributed by atoms with E-state index in [9.17, 15) is 14.4 Å². The van der Waals surface area contributed by atoms with Gasteiger partial charge in [0.05, 0.1) is 6.54 Å². The second-order valence-electron chi connectivity index (χ2n) is 5.87. The number of carbonyl (C=O) groups excluding carboxylic acids is 3. The Hall–Kier alpha value is -1.59. The Morgan fingerprint density at radius 2 is 2.10 bits per heavy atom. The first-order chi connectivity index (χ1) is 9.49. The van der Waals surface area contributed by atoms with Gasteiger partial charge in [-0.25, -0.2) is 4.79 Å². The molecule has 0 aromatic heterocycles. The van der Waals surface area contributed by atoms with Crippen LogP contribution in [0.3, 0.4) is 0 Å². The molecule has 2 aliphatic heterocycles. The van der Waals surface area contributed by atoms with Crippen molar-refractivity contribution in [3.63, 3.8) is 0 Å². The van der Waals surface area contributed by atoms with Gasteiger partial charge < -0.3 is 9.64 Å². The maximum atomic E-state index is 12.3. The maximum Gasteiger partial charge on any atom is 0.330 e. The topological polar surface area (TPSA) is 66.9 Å². The molecular formula is C14H22N2O4. The molecule has 112 valence electrons. The Balaban J connectivity index is 1.96. The molecule has 1 atom stereocenters. The molecule has 0 aromatic rings. The minimum absolute atomic E-state index is 0.0110. The van der Waals surface area contributed by atoms with Gasteiger partial charge >= 0.3 is 5.97 Å². The van der Waals surface area contributed by atoms with E-state index in [0.717, 1.165) is 12.8 Å². The highest BCUT2D eigenvalue weighted by molar-refractivity contribution is 5.90. The Bertz CT molecular complexity index is 408. The van der Waals surface area contributed by atoms with Gasteiger partial charge in [0.1, 0.15) is 6.04 Å². The molecule has 2 aliphatic rings. The average Bonchev–Trinajstić information content (AvgIpc) is 2.73. The third kappa shape index (κ3) is 3.29. The lowest BCUT2D eigenvalue weighted by Crippen LogP contribution is -2.47. The lowest BCUT2D eigenvalue weighted by atomic mass is 10.0. The quantitative estimate of drug-likeness (QED) is 0.714. The van der Waals surface area contributed by atoms with Gasteiger partial charge in [0.15, 0.2) is 6.73 Å². The summed E-state index contributed by atoms with van der Waals surface area (Å²) >= 11 is 0. The lowest BCUT2D eigenvalue weighted by Gasteiger charge is -2.29. The molecule has 0 N–H and O–H groups in total. The summed E-state index contributed by atoms with van der Waals surface area (Å²) in [6.45, 7) is 4.70. The third-order valence-electron chi connectivity index (χ3n) is 3.76. The minimum Gasteiger partial charge on any atom is -0.443 e. The molecule has 2 saturated heterocycles. The fraction of sp³-hybridized carbons (Fsp3) is 0.786. The van der Waals surface area contributed by atoms with Crippen LogP contribution in [0.4, 0.5) is 0 Å². The summed E-state index contributed by atoms with van der Waals surface area (Å²) in [6, 6.07) is -0.498. The van der Waals surface area contributed by atoms with Crippen LogP contribution in [0.5, 0.6) is 0 Å². The van der Waals surface area contributed by atoms with E-state index in [1.807, 2.05) is 13.8 Å². The Labute approximate surface area is 119 Å². The van der Waals surface area contributed by atoms with Crippen molar-refractivity contribution in [1.29, 1.82) is 0 Å². The number of rotatable bonds is 4. The van der Waals surface area contributed by atoms with E-state index in [1.165, 1.54) is 4.90 Å². The molecule has 2 amide bonds. The molecule has 0 bridgehead atoms. The molecule has 2 fully saturated rings. The van der Waals surface area contributed by atoms with Gasteiger partial charge in [0.25, 0.3) is 0 Å². The monoisotopic (exact) mass is 282 g/mol. The molecule has 0 radical (unpaired) electrons. The normalized spacial score (nSPS) is 23.4. The zero-order valence-corrected chi connectivity index (χ0v) is 12.1. The number of likely N-dealkylation sites (tertiary alicyclic amines) is 1. The van der Waals surface area contributed by atoms with Gasteiger partial charge in [0.2, 0.25) is 11.8 Å². The van der Waals surface area contributed by atoms with E-state index in [0.29, 0.717) is 25.3 Å². The van der Waals surface area contributed by atoms with Gasteiger partial charge in [-0.15, -0.1) is 0 Å². The molecule has 0 aromatic carbocycles. The summed E-state index contributed by atoms with van der Waals surface area (Å²) in [5.74, 6) is -0.206. The number of carbonyl (C=O) groups is 3. The Morgan fingerprint density at radius 1 is 1.35 bits per heavy atom. The molecule has 6 nitrogen and oxygen atoms in total. The van der Waals surface area contributed by atoms with Crippen LogP contribution in [0, 0.1) is 5.92 Å². The van der Waals surface area contributed by atoms with Crippen molar-refractivity contribution in [1.82, 2.24) is 9.80 Å². The maximum absolute atomic E-state index is 12.3. The fourth-order valence-electron chi connectivity index (χ4n) is 2.65. The van der Waals surface area contributed by atoms with E-state index < -0.39 is 6.04 Å². The summed E-state index contributed by atoms with van der Waals surface area (Å²) < 4.78 is 4.98. The van der Waals surface area contributed by atoms with Crippen LogP contribution >= 0.6 is 0 Å². The molecule has 2 rings (SSSR count). The van der Waals surface area contributed by atoms with Gasteiger partial charge in [-0.1, -0.05) is 13.8 Å². The van der Waals surface area contributed by atoms with E-state index in [4.69, 9.17) is 4.74 Å². The predicted octanol–water partition coefficient (Wildman–Crippen LogP) is 0.756. The number of cyclic esters (lactones) is 1. The molecule has 6 heteroatoms. The Kier molecular flexibility index (Phi) is 4.62. The molecule has 0 aliphatic carbocycles. The van der Waals surface area contributed by atoms with Gasteiger partial charge in [-0.05, 0) is 25.2 Å². The van der Waals surface area contributed by atoms with Gasteiger partial charge in [-0.2, -0.15) is 0 Å². The summed E-state index contributed by atoms with van der Waals surface area (Å²) in [7, 11) is 0. The van der Waals surface area contributed by atoms with Gasteiger partial charge in [0, 0.05) is 13.0 Å². The Morgan fingerprint density at radius 3 is 2.75 bits per heavy atom. The number of hydrogen-bond acceptors (Lipinski definition) is 4. The first-order valence-corrected chi connectivity index (χ1v) is 7.23. The van der Waals surface area contributed by atoms with Crippen molar-refractivity contribution >= 4 is 17.8 Å². The largest absolute Gasteiger partial charge is 0.443 e. The van der Waals surface area contributed by atoms with E-state index in [1.54, 1.807) is 4.90 Å². The number of piperidine rings is 1. The summed E-state index contributed by atoms with van der Waals surface area (Å²) in [4.78, 5) is 38.8. The number of nitrogens with zero attached hydrogens (tertiary/aromatic N) is 2. The highest BCUT2D eigenvalue weighted by Gasteiger charge is 2.38. The second kappa shape index (κ2) is 6.24. The van der Waals surface area contributed by atoms with Crippen LogP contribution in [0.2, 0.25) is 0 Å². The zero-order valence-electron chi connectivity index (χ0n) is 12.1. The van der Waals surface area contributed by atoms with Crippen molar-refractivity contribution < 1.29 is 19.1 Å². The highest BCUT2D eigenvalue weighted by Crippen LogP contribution is 2.20. The summed E-state index contributed by atoms with van der Waals surface area (Å²) in [5, 5.41) is 0. The molecule has 0 saturated carbocycles. The van der Waals surface area contributed by atoms with Gasteiger partial charge in [-0.3, -0.25) is 14.5 Å². The second-order valence-corrected chi connectivity index (χ2v) is 5.87. The number of hydrogen-bond donors (Lipinski definition) is 0. The minimum atomic E-state index is -0.498. The van der Waals surface area contributed by atoms with Crippen LogP contribution in [-0.2, 0) is 19.1 Å². The first kappa shape index (κ1) is 14.8.